The van der Waals surface area contributed by atoms with Gasteiger partial charge in [-0.3, -0.25) is 0 Å². The SMILES string of the molecule is CCc1cc2c(cc1C1(C)CCCN1)OCCCO2. The van der Waals surface area contributed by atoms with Crippen molar-refractivity contribution >= 4 is 0 Å². The first-order chi connectivity index (χ1) is 9.23. The van der Waals surface area contributed by atoms with E-state index in [-0.39, 0.29) is 5.54 Å². The van der Waals surface area contributed by atoms with Crippen LogP contribution < -0.4 is 14.8 Å². The number of fused-ring (bicyclic) bond motifs is 1. The van der Waals surface area contributed by atoms with Crippen LogP contribution in [0.5, 0.6) is 11.5 Å². The van der Waals surface area contributed by atoms with Crippen LogP contribution in [0.4, 0.5) is 0 Å². The quantitative estimate of drug-likeness (QED) is 0.887. The van der Waals surface area contributed by atoms with Gasteiger partial charge in [-0.25, -0.2) is 0 Å². The molecule has 1 aromatic carbocycles. The van der Waals surface area contributed by atoms with Crippen LogP contribution in [0.3, 0.4) is 0 Å². The van der Waals surface area contributed by atoms with Crippen LogP contribution in [0.1, 0.15) is 44.2 Å². The van der Waals surface area contributed by atoms with E-state index in [1.54, 1.807) is 0 Å². The summed E-state index contributed by atoms with van der Waals surface area (Å²) in [5.41, 5.74) is 2.86. The van der Waals surface area contributed by atoms with Gasteiger partial charge in [0.2, 0.25) is 0 Å². The van der Waals surface area contributed by atoms with Gasteiger partial charge in [0.25, 0.3) is 0 Å². The minimum Gasteiger partial charge on any atom is -0.490 e. The molecule has 0 spiro atoms. The third-order valence-electron chi connectivity index (χ3n) is 4.32. The van der Waals surface area contributed by atoms with Gasteiger partial charge < -0.3 is 14.8 Å². The Kier molecular flexibility index (Phi) is 3.40. The zero-order valence-electron chi connectivity index (χ0n) is 11.9. The number of nitrogens with one attached hydrogen (secondary N) is 1. The normalized spacial score (nSPS) is 26.2. The number of benzene rings is 1. The van der Waals surface area contributed by atoms with Crippen LogP contribution in [0.25, 0.3) is 0 Å². The molecule has 0 radical (unpaired) electrons. The van der Waals surface area contributed by atoms with E-state index in [0.717, 1.165) is 44.1 Å². The molecule has 0 bridgehead atoms. The van der Waals surface area contributed by atoms with Crippen molar-refractivity contribution in [3.05, 3.63) is 23.3 Å². The molecular weight excluding hydrogens is 238 g/mol. The molecule has 1 fully saturated rings. The Hall–Kier alpha value is -1.22. The number of ether oxygens (including phenoxy) is 2. The Morgan fingerprint density at radius 3 is 2.53 bits per heavy atom. The van der Waals surface area contributed by atoms with Crippen LogP contribution in [-0.4, -0.2) is 19.8 Å². The van der Waals surface area contributed by atoms with Crippen LogP contribution in [-0.2, 0) is 12.0 Å². The highest BCUT2D eigenvalue weighted by molar-refractivity contribution is 5.50. The number of aryl methyl sites for hydroxylation is 1. The van der Waals surface area contributed by atoms with E-state index in [1.165, 1.54) is 24.0 Å². The Morgan fingerprint density at radius 2 is 1.89 bits per heavy atom. The maximum Gasteiger partial charge on any atom is 0.161 e. The monoisotopic (exact) mass is 261 g/mol. The summed E-state index contributed by atoms with van der Waals surface area (Å²) in [5, 5.41) is 3.65. The minimum atomic E-state index is 0.0933. The van der Waals surface area contributed by atoms with Crippen LogP contribution in [0, 0.1) is 0 Å². The van der Waals surface area contributed by atoms with E-state index in [1.807, 2.05) is 0 Å². The summed E-state index contributed by atoms with van der Waals surface area (Å²) in [6, 6.07) is 4.39. The molecule has 104 valence electrons. The van der Waals surface area contributed by atoms with Gasteiger partial charge >= 0.3 is 0 Å². The van der Waals surface area contributed by atoms with E-state index >= 15 is 0 Å². The Morgan fingerprint density at radius 1 is 1.16 bits per heavy atom. The second kappa shape index (κ2) is 5.04. The summed E-state index contributed by atoms with van der Waals surface area (Å²) in [4.78, 5) is 0. The lowest BCUT2D eigenvalue weighted by atomic mass is 9.85. The Bertz CT molecular complexity index is 464. The molecule has 3 rings (SSSR count). The van der Waals surface area contributed by atoms with Crippen molar-refractivity contribution in [1.82, 2.24) is 5.32 Å². The molecular formula is C16H23NO2. The summed E-state index contributed by atoms with van der Waals surface area (Å²) in [7, 11) is 0. The Balaban J connectivity index is 2.05. The molecule has 2 aliphatic heterocycles. The summed E-state index contributed by atoms with van der Waals surface area (Å²) >= 11 is 0. The molecule has 2 aliphatic rings. The Labute approximate surface area is 115 Å². The van der Waals surface area contributed by atoms with Crippen molar-refractivity contribution in [2.24, 2.45) is 0 Å². The average molecular weight is 261 g/mol. The molecule has 1 saturated heterocycles. The van der Waals surface area contributed by atoms with Gasteiger partial charge in [-0.1, -0.05) is 6.92 Å². The fraction of sp³-hybridized carbons (Fsp3) is 0.625. The molecule has 0 aromatic heterocycles. The third-order valence-corrected chi connectivity index (χ3v) is 4.32. The molecule has 1 unspecified atom stereocenters. The molecule has 19 heavy (non-hydrogen) atoms. The van der Waals surface area contributed by atoms with Crippen molar-refractivity contribution in [3.63, 3.8) is 0 Å². The molecule has 3 nitrogen and oxygen atoms in total. The van der Waals surface area contributed by atoms with E-state index < -0.39 is 0 Å². The number of hydrogen-bond acceptors (Lipinski definition) is 3. The lowest BCUT2D eigenvalue weighted by Crippen LogP contribution is -2.34. The van der Waals surface area contributed by atoms with Crippen molar-refractivity contribution in [1.29, 1.82) is 0 Å². The smallest absolute Gasteiger partial charge is 0.161 e. The fourth-order valence-electron chi connectivity index (χ4n) is 3.18. The van der Waals surface area contributed by atoms with Gasteiger partial charge in [0.1, 0.15) is 0 Å². The molecule has 2 heterocycles. The highest BCUT2D eigenvalue weighted by Gasteiger charge is 2.33. The largest absolute Gasteiger partial charge is 0.490 e. The summed E-state index contributed by atoms with van der Waals surface area (Å²) < 4.78 is 11.6. The third kappa shape index (κ3) is 2.32. The molecule has 1 N–H and O–H groups in total. The minimum absolute atomic E-state index is 0.0933. The zero-order valence-corrected chi connectivity index (χ0v) is 11.9. The topological polar surface area (TPSA) is 30.5 Å². The van der Waals surface area contributed by atoms with Gasteiger partial charge in [0.15, 0.2) is 11.5 Å². The van der Waals surface area contributed by atoms with E-state index in [2.05, 4.69) is 31.3 Å². The second-order valence-electron chi connectivity index (χ2n) is 5.72. The molecule has 1 aromatic rings. The predicted octanol–water partition coefficient (Wildman–Crippen LogP) is 3.01. The summed E-state index contributed by atoms with van der Waals surface area (Å²) in [6.45, 7) is 7.13. The number of hydrogen-bond donors (Lipinski definition) is 1. The maximum absolute atomic E-state index is 5.84. The first kappa shape index (κ1) is 12.8. The molecule has 1 atom stereocenters. The van der Waals surface area contributed by atoms with Gasteiger partial charge in [0.05, 0.1) is 13.2 Å². The molecule has 3 heteroatoms. The first-order valence-corrected chi connectivity index (χ1v) is 7.41. The fourth-order valence-corrected chi connectivity index (χ4v) is 3.18. The highest BCUT2D eigenvalue weighted by atomic mass is 16.5. The number of rotatable bonds is 2. The van der Waals surface area contributed by atoms with Crippen LogP contribution >= 0.6 is 0 Å². The lowest BCUT2D eigenvalue weighted by molar-refractivity contribution is 0.296. The highest BCUT2D eigenvalue weighted by Crippen LogP contribution is 2.40. The van der Waals surface area contributed by atoms with E-state index in [0.29, 0.717) is 0 Å². The van der Waals surface area contributed by atoms with E-state index in [9.17, 15) is 0 Å². The van der Waals surface area contributed by atoms with Gasteiger partial charge in [0, 0.05) is 12.0 Å². The second-order valence-corrected chi connectivity index (χ2v) is 5.72. The van der Waals surface area contributed by atoms with Gasteiger partial charge in [-0.05, 0) is 56.0 Å². The first-order valence-electron chi connectivity index (χ1n) is 7.41. The van der Waals surface area contributed by atoms with Gasteiger partial charge in [-0.15, -0.1) is 0 Å². The molecule has 0 aliphatic carbocycles. The predicted molar refractivity (Wildman–Crippen MR) is 76.0 cm³/mol. The average Bonchev–Trinajstić information content (AvgIpc) is 2.74. The van der Waals surface area contributed by atoms with Gasteiger partial charge in [-0.2, -0.15) is 0 Å². The maximum atomic E-state index is 5.84. The standard InChI is InChI=1S/C16H23NO2/c1-3-12-10-14-15(19-9-5-8-18-14)11-13(12)16(2)6-4-7-17-16/h10-11,17H,3-9H2,1-2H3. The van der Waals surface area contributed by atoms with Crippen molar-refractivity contribution in [3.8, 4) is 11.5 Å². The summed E-state index contributed by atoms with van der Waals surface area (Å²) in [6.07, 6.45) is 4.43. The van der Waals surface area contributed by atoms with Crippen molar-refractivity contribution < 1.29 is 9.47 Å². The van der Waals surface area contributed by atoms with Crippen LogP contribution in [0.2, 0.25) is 0 Å². The zero-order chi connectivity index (χ0) is 13.3. The summed E-state index contributed by atoms with van der Waals surface area (Å²) in [5.74, 6) is 1.83. The van der Waals surface area contributed by atoms with E-state index in [4.69, 9.17) is 9.47 Å². The van der Waals surface area contributed by atoms with Crippen molar-refractivity contribution in [2.45, 2.75) is 45.1 Å². The molecule has 0 saturated carbocycles. The van der Waals surface area contributed by atoms with Crippen molar-refractivity contribution in [2.75, 3.05) is 19.8 Å². The lowest BCUT2D eigenvalue weighted by Gasteiger charge is -2.28. The molecule has 0 amide bonds. The van der Waals surface area contributed by atoms with Crippen LogP contribution in [0.15, 0.2) is 12.1 Å².